The van der Waals surface area contributed by atoms with Gasteiger partial charge in [0.15, 0.2) is 11.6 Å². The molecule has 100 valence electrons. The van der Waals surface area contributed by atoms with E-state index in [-0.39, 0.29) is 5.82 Å². The maximum Gasteiger partial charge on any atom is 0.187 e. The summed E-state index contributed by atoms with van der Waals surface area (Å²) in [7, 11) is 0. The van der Waals surface area contributed by atoms with Crippen LogP contribution in [0.3, 0.4) is 0 Å². The molecule has 0 aliphatic heterocycles. The number of rotatable bonds is 2. The van der Waals surface area contributed by atoms with Crippen LogP contribution in [-0.4, -0.2) is 19.5 Å². The van der Waals surface area contributed by atoms with Gasteiger partial charge in [-0.05, 0) is 19.1 Å². The van der Waals surface area contributed by atoms with E-state index in [0.717, 1.165) is 5.56 Å². The highest BCUT2D eigenvalue weighted by molar-refractivity contribution is 5.63. The molecule has 3 aromatic rings. The Kier molecular flexibility index (Phi) is 2.90. The van der Waals surface area contributed by atoms with Gasteiger partial charge in [-0.3, -0.25) is 4.57 Å². The van der Waals surface area contributed by atoms with Crippen molar-refractivity contribution in [1.82, 2.24) is 19.5 Å². The first-order chi connectivity index (χ1) is 9.66. The number of hydrogen-bond donors (Lipinski definition) is 1. The summed E-state index contributed by atoms with van der Waals surface area (Å²) in [5.41, 5.74) is 7.48. The van der Waals surface area contributed by atoms with Gasteiger partial charge in [0, 0.05) is 23.6 Å². The SMILES string of the molecule is Cc1ncnc(-n2ccnc2-c2cccc(N)c2)c1F. The molecular formula is C14H12FN5. The van der Waals surface area contributed by atoms with E-state index < -0.39 is 5.82 Å². The molecule has 0 fully saturated rings. The number of halogens is 1. The van der Waals surface area contributed by atoms with Crippen molar-refractivity contribution in [1.29, 1.82) is 0 Å². The summed E-state index contributed by atoms with van der Waals surface area (Å²) >= 11 is 0. The second-order valence-corrected chi connectivity index (χ2v) is 4.34. The Hall–Kier alpha value is -2.76. The number of aromatic nitrogens is 4. The molecule has 0 spiro atoms. The Balaban J connectivity index is 2.18. The predicted octanol–water partition coefficient (Wildman–Crippen LogP) is 2.36. The van der Waals surface area contributed by atoms with Gasteiger partial charge in [0.25, 0.3) is 0 Å². The van der Waals surface area contributed by atoms with Crippen LogP contribution >= 0.6 is 0 Å². The predicted molar refractivity (Wildman–Crippen MR) is 73.7 cm³/mol. The highest BCUT2D eigenvalue weighted by Crippen LogP contribution is 2.23. The maximum absolute atomic E-state index is 14.1. The summed E-state index contributed by atoms with van der Waals surface area (Å²) in [4.78, 5) is 12.1. The third-order valence-corrected chi connectivity index (χ3v) is 2.96. The topological polar surface area (TPSA) is 69.6 Å². The lowest BCUT2D eigenvalue weighted by Gasteiger charge is -2.09. The fourth-order valence-corrected chi connectivity index (χ4v) is 1.98. The smallest absolute Gasteiger partial charge is 0.187 e. The Morgan fingerprint density at radius 1 is 1.20 bits per heavy atom. The first-order valence-electron chi connectivity index (χ1n) is 6.03. The maximum atomic E-state index is 14.1. The molecule has 0 amide bonds. The second-order valence-electron chi connectivity index (χ2n) is 4.34. The largest absolute Gasteiger partial charge is 0.399 e. The van der Waals surface area contributed by atoms with E-state index in [4.69, 9.17) is 5.73 Å². The van der Waals surface area contributed by atoms with Crippen LogP contribution in [0.2, 0.25) is 0 Å². The van der Waals surface area contributed by atoms with E-state index in [9.17, 15) is 4.39 Å². The van der Waals surface area contributed by atoms with Crippen LogP contribution in [0, 0.1) is 12.7 Å². The molecule has 2 N–H and O–H groups in total. The zero-order valence-corrected chi connectivity index (χ0v) is 10.8. The molecule has 0 atom stereocenters. The van der Waals surface area contributed by atoms with Gasteiger partial charge in [0.05, 0.1) is 5.69 Å². The Morgan fingerprint density at radius 3 is 2.85 bits per heavy atom. The summed E-state index contributed by atoms with van der Waals surface area (Å²) in [6, 6.07) is 7.25. The van der Waals surface area contributed by atoms with Crippen molar-refractivity contribution >= 4 is 5.69 Å². The highest BCUT2D eigenvalue weighted by Gasteiger charge is 2.14. The third-order valence-electron chi connectivity index (χ3n) is 2.96. The first-order valence-corrected chi connectivity index (χ1v) is 6.03. The summed E-state index contributed by atoms with van der Waals surface area (Å²) in [6.45, 7) is 1.59. The molecule has 0 saturated carbocycles. The van der Waals surface area contributed by atoms with Gasteiger partial charge in [0.1, 0.15) is 12.2 Å². The number of nitrogens with two attached hydrogens (primary N) is 1. The molecule has 0 aliphatic carbocycles. The molecule has 2 aromatic heterocycles. The van der Waals surface area contributed by atoms with E-state index in [2.05, 4.69) is 15.0 Å². The summed E-state index contributed by atoms with van der Waals surface area (Å²) in [6.07, 6.45) is 4.58. The number of nitrogens with zero attached hydrogens (tertiary/aromatic N) is 4. The van der Waals surface area contributed by atoms with E-state index in [1.165, 1.54) is 6.33 Å². The van der Waals surface area contributed by atoms with E-state index in [1.54, 1.807) is 36.0 Å². The molecule has 6 heteroatoms. The minimum atomic E-state index is -0.462. The van der Waals surface area contributed by atoms with Gasteiger partial charge in [0.2, 0.25) is 0 Å². The van der Waals surface area contributed by atoms with Gasteiger partial charge in [-0.2, -0.15) is 0 Å². The van der Waals surface area contributed by atoms with Crippen LogP contribution in [0.5, 0.6) is 0 Å². The van der Waals surface area contributed by atoms with Crippen LogP contribution in [0.25, 0.3) is 17.2 Å². The van der Waals surface area contributed by atoms with Crippen LogP contribution in [0.1, 0.15) is 5.69 Å². The van der Waals surface area contributed by atoms with Gasteiger partial charge in [-0.1, -0.05) is 12.1 Å². The lowest BCUT2D eigenvalue weighted by Crippen LogP contribution is -2.05. The molecule has 0 bridgehead atoms. The minimum absolute atomic E-state index is 0.174. The van der Waals surface area contributed by atoms with Crippen LogP contribution in [0.4, 0.5) is 10.1 Å². The van der Waals surface area contributed by atoms with Crippen LogP contribution in [-0.2, 0) is 0 Å². The lowest BCUT2D eigenvalue weighted by atomic mass is 10.2. The molecule has 2 heterocycles. The number of anilines is 1. The highest BCUT2D eigenvalue weighted by atomic mass is 19.1. The van der Waals surface area contributed by atoms with Crippen molar-refractivity contribution in [2.75, 3.05) is 5.73 Å². The molecule has 0 aliphatic rings. The average molecular weight is 269 g/mol. The van der Waals surface area contributed by atoms with Crippen molar-refractivity contribution in [2.45, 2.75) is 6.92 Å². The average Bonchev–Trinajstić information content (AvgIpc) is 2.91. The van der Waals surface area contributed by atoms with Crippen molar-refractivity contribution in [3.63, 3.8) is 0 Å². The van der Waals surface area contributed by atoms with Gasteiger partial charge < -0.3 is 5.73 Å². The quantitative estimate of drug-likeness (QED) is 0.725. The van der Waals surface area contributed by atoms with Crippen molar-refractivity contribution in [2.24, 2.45) is 0 Å². The lowest BCUT2D eigenvalue weighted by molar-refractivity contribution is 0.590. The fourth-order valence-electron chi connectivity index (χ4n) is 1.98. The third kappa shape index (κ3) is 2.01. The van der Waals surface area contributed by atoms with Crippen LogP contribution < -0.4 is 5.73 Å². The zero-order chi connectivity index (χ0) is 14.1. The van der Waals surface area contributed by atoms with Gasteiger partial charge in [-0.25, -0.2) is 19.3 Å². The minimum Gasteiger partial charge on any atom is -0.399 e. The molecule has 20 heavy (non-hydrogen) atoms. The van der Waals surface area contributed by atoms with Crippen molar-refractivity contribution < 1.29 is 4.39 Å². The van der Waals surface area contributed by atoms with E-state index in [0.29, 0.717) is 17.2 Å². The molecule has 1 aromatic carbocycles. The molecule has 5 nitrogen and oxygen atoms in total. The number of imidazole rings is 1. The van der Waals surface area contributed by atoms with Crippen LogP contribution in [0.15, 0.2) is 43.0 Å². The second kappa shape index (κ2) is 4.73. The standard InChI is InChI=1S/C14H12FN5/c1-9-12(15)14(19-8-18-9)20-6-5-17-13(20)10-3-2-4-11(16)7-10/h2-8H,16H2,1H3. The molecular weight excluding hydrogens is 257 g/mol. The van der Waals surface area contributed by atoms with E-state index in [1.807, 2.05) is 12.1 Å². The normalized spacial score (nSPS) is 10.7. The zero-order valence-electron chi connectivity index (χ0n) is 10.8. The number of aryl methyl sites for hydroxylation is 1. The molecule has 0 radical (unpaired) electrons. The monoisotopic (exact) mass is 269 g/mol. The number of hydrogen-bond acceptors (Lipinski definition) is 4. The molecule has 3 rings (SSSR count). The van der Waals surface area contributed by atoms with E-state index >= 15 is 0 Å². The summed E-state index contributed by atoms with van der Waals surface area (Å²) < 4.78 is 15.7. The Morgan fingerprint density at radius 2 is 2.05 bits per heavy atom. The van der Waals surface area contributed by atoms with Gasteiger partial charge >= 0.3 is 0 Å². The first kappa shape index (κ1) is 12.3. The number of benzene rings is 1. The summed E-state index contributed by atoms with van der Waals surface area (Å²) in [5, 5.41) is 0. The van der Waals surface area contributed by atoms with Crippen molar-refractivity contribution in [3.05, 3.63) is 54.5 Å². The fraction of sp³-hybridized carbons (Fsp3) is 0.0714. The van der Waals surface area contributed by atoms with Crippen molar-refractivity contribution in [3.8, 4) is 17.2 Å². The Bertz CT molecular complexity index is 766. The van der Waals surface area contributed by atoms with Gasteiger partial charge in [-0.15, -0.1) is 0 Å². The number of nitrogen functional groups attached to an aromatic ring is 1. The molecule has 0 unspecified atom stereocenters. The molecule has 0 saturated heterocycles. The summed E-state index contributed by atoms with van der Waals surface area (Å²) in [5.74, 6) is 0.289. The Labute approximate surface area is 114 Å².